The highest BCUT2D eigenvalue weighted by Crippen LogP contribution is 2.30. The van der Waals surface area contributed by atoms with Crippen molar-refractivity contribution >= 4 is 5.91 Å². The number of carbonyl (C=O) groups excluding carboxylic acids is 1. The zero-order valence-electron chi connectivity index (χ0n) is 9.91. The SMILES string of the molecule is C#CCN(CC1CC1)C(=O)[C@@H]1CNC[C@H]1C. The predicted molar refractivity (Wildman–Crippen MR) is 63.7 cm³/mol. The molecule has 1 saturated heterocycles. The van der Waals surface area contributed by atoms with Gasteiger partial charge in [0.25, 0.3) is 0 Å². The minimum atomic E-state index is 0.132. The van der Waals surface area contributed by atoms with Gasteiger partial charge in [0.05, 0.1) is 12.5 Å². The standard InChI is InChI=1S/C13H20N2O/c1-3-6-15(9-11-4-5-11)13(16)12-8-14-7-10(12)2/h1,10-12,14H,4-9H2,2H3/t10-,12-/m1/s1. The molecule has 3 heteroatoms. The molecule has 16 heavy (non-hydrogen) atoms. The molecular formula is C13H20N2O. The van der Waals surface area contributed by atoms with Crippen LogP contribution in [0.1, 0.15) is 19.8 Å². The van der Waals surface area contributed by atoms with Gasteiger partial charge in [-0.3, -0.25) is 4.79 Å². The summed E-state index contributed by atoms with van der Waals surface area (Å²) >= 11 is 0. The van der Waals surface area contributed by atoms with Gasteiger partial charge < -0.3 is 10.2 Å². The molecular weight excluding hydrogens is 200 g/mol. The summed E-state index contributed by atoms with van der Waals surface area (Å²) < 4.78 is 0. The number of terminal acetylenes is 1. The molecule has 0 aromatic rings. The van der Waals surface area contributed by atoms with Crippen molar-refractivity contribution in [3.05, 3.63) is 0 Å². The molecule has 1 saturated carbocycles. The second kappa shape index (κ2) is 4.88. The summed E-state index contributed by atoms with van der Waals surface area (Å²) in [5.41, 5.74) is 0. The van der Waals surface area contributed by atoms with Crippen LogP contribution >= 0.6 is 0 Å². The topological polar surface area (TPSA) is 32.3 Å². The van der Waals surface area contributed by atoms with Gasteiger partial charge in [0.1, 0.15) is 0 Å². The van der Waals surface area contributed by atoms with Gasteiger partial charge in [0, 0.05) is 13.1 Å². The minimum Gasteiger partial charge on any atom is -0.331 e. The Labute approximate surface area is 97.6 Å². The summed E-state index contributed by atoms with van der Waals surface area (Å²) in [4.78, 5) is 14.2. The molecule has 88 valence electrons. The Morgan fingerprint density at radius 2 is 2.25 bits per heavy atom. The van der Waals surface area contributed by atoms with Gasteiger partial charge in [-0.05, 0) is 31.2 Å². The van der Waals surface area contributed by atoms with Gasteiger partial charge in [0.15, 0.2) is 0 Å². The van der Waals surface area contributed by atoms with E-state index in [2.05, 4.69) is 18.2 Å². The highest BCUT2D eigenvalue weighted by atomic mass is 16.2. The van der Waals surface area contributed by atoms with Gasteiger partial charge in [-0.1, -0.05) is 12.8 Å². The van der Waals surface area contributed by atoms with Crippen LogP contribution in [-0.4, -0.2) is 37.0 Å². The van der Waals surface area contributed by atoms with Crippen molar-refractivity contribution in [3.63, 3.8) is 0 Å². The van der Waals surface area contributed by atoms with Crippen molar-refractivity contribution in [1.29, 1.82) is 0 Å². The highest BCUT2D eigenvalue weighted by Gasteiger charge is 2.34. The van der Waals surface area contributed by atoms with Crippen LogP contribution in [0.4, 0.5) is 0 Å². The summed E-state index contributed by atoms with van der Waals surface area (Å²) in [7, 11) is 0. The zero-order valence-corrected chi connectivity index (χ0v) is 9.91. The molecule has 2 rings (SSSR count). The van der Waals surface area contributed by atoms with E-state index >= 15 is 0 Å². The molecule has 2 aliphatic rings. The van der Waals surface area contributed by atoms with Gasteiger partial charge in [-0.15, -0.1) is 6.42 Å². The zero-order chi connectivity index (χ0) is 11.5. The van der Waals surface area contributed by atoms with Gasteiger partial charge in [0.2, 0.25) is 5.91 Å². The van der Waals surface area contributed by atoms with Gasteiger partial charge >= 0.3 is 0 Å². The first kappa shape index (κ1) is 11.5. The largest absolute Gasteiger partial charge is 0.331 e. The summed E-state index contributed by atoms with van der Waals surface area (Å²) in [6.45, 7) is 5.23. The van der Waals surface area contributed by atoms with E-state index in [-0.39, 0.29) is 11.8 Å². The molecule has 1 N–H and O–H groups in total. The first-order chi connectivity index (χ1) is 7.72. The van der Waals surface area contributed by atoms with Crippen LogP contribution in [0.25, 0.3) is 0 Å². The van der Waals surface area contributed by atoms with Gasteiger partial charge in [-0.2, -0.15) is 0 Å². The van der Waals surface area contributed by atoms with Crippen LogP contribution in [0.5, 0.6) is 0 Å². The smallest absolute Gasteiger partial charge is 0.228 e. The van der Waals surface area contributed by atoms with E-state index in [1.54, 1.807) is 0 Å². The van der Waals surface area contributed by atoms with Crippen LogP contribution in [0.2, 0.25) is 0 Å². The van der Waals surface area contributed by atoms with E-state index < -0.39 is 0 Å². The molecule has 1 amide bonds. The molecule has 2 atom stereocenters. The van der Waals surface area contributed by atoms with Crippen molar-refractivity contribution in [3.8, 4) is 12.3 Å². The molecule has 0 bridgehead atoms. The molecule has 3 nitrogen and oxygen atoms in total. The molecule has 0 aromatic carbocycles. The summed E-state index contributed by atoms with van der Waals surface area (Å²) in [5.74, 6) is 4.14. The summed E-state index contributed by atoms with van der Waals surface area (Å²) in [5, 5.41) is 3.27. The van der Waals surface area contributed by atoms with E-state index in [0.717, 1.165) is 19.6 Å². The number of carbonyl (C=O) groups is 1. The highest BCUT2D eigenvalue weighted by molar-refractivity contribution is 5.80. The molecule has 0 unspecified atom stereocenters. The quantitative estimate of drug-likeness (QED) is 0.708. The van der Waals surface area contributed by atoms with Crippen molar-refractivity contribution in [2.24, 2.45) is 17.8 Å². The fraction of sp³-hybridized carbons (Fsp3) is 0.769. The molecule has 2 fully saturated rings. The van der Waals surface area contributed by atoms with E-state index in [1.807, 2.05) is 4.90 Å². The Bertz CT molecular complexity index is 304. The third-order valence-corrected chi connectivity index (χ3v) is 3.60. The van der Waals surface area contributed by atoms with Crippen LogP contribution in [0.15, 0.2) is 0 Å². The molecule has 1 heterocycles. The van der Waals surface area contributed by atoms with Crippen molar-refractivity contribution in [2.75, 3.05) is 26.2 Å². The lowest BCUT2D eigenvalue weighted by Gasteiger charge is -2.25. The summed E-state index contributed by atoms with van der Waals surface area (Å²) in [6.07, 6.45) is 7.85. The van der Waals surface area contributed by atoms with Crippen molar-refractivity contribution in [1.82, 2.24) is 10.2 Å². The van der Waals surface area contributed by atoms with Crippen molar-refractivity contribution in [2.45, 2.75) is 19.8 Å². The van der Waals surface area contributed by atoms with Crippen LogP contribution in [0.3, 0.4) is 0 Å². The molecule has 1 aliphatic carbocycles. The van der Waals surface area contributed by atoms with E-state index in [4.69, 9.17) is 6.42 Å². The van der Waals surface area contributed by atoms with Crippen LogP contribution in [0, 0.1) is 30.1 Å². The van der Waals surface area contributed by atoms with Crippen LogP contribution < -0.4 is 5.32 Å². The predicted octanol–water partition coefficient (Wildman–Crippen LogP) is 0.714. The lowest BCUT2D eigenvalue weighted by molar-refractivity contribution is -0.135. The number of amides is 1. The Morgan fingerprint density at radius 1 is 1.50 bits per heavy atom. The monoisotopic (exact) mass is 220 g/mol. The lowest BCUT2D eigenvalue weighted by atomic mass is 9.96. The lowest BCUT2D eigenvalue weighted by Crippen LogP contribution is -2.40. The summed E-state index contributed by atoms with van der Waals surface area (Å²) in [6, 6.07) is 0. The molecule has 0 spiro atoms. The third kappa shape index (κ3) is 2.56. The average Bonchev–Trinajstić information content (AvgIpc) is 2.98. The average molecular weight is 220 g/mol. The Kier molecular flexibility index (Phi) is 3.50. The molecule has 1 aliphatic heterocycles. The van der Waals surface area contributed by atoms with E-state index in [9.17, 15) is 4.79 Å². The number of hydrogen-bond donors (Lipinski definition) is 1. The number of rotatable bonds is 4. The maximum absolute atomic E-state index is 12.3. The minimum absolute atomic E-state index is 0.132. The second-order valence-electron chi connectivity index (χ2n) is 5.11. The molecule has 0 aromatic heterocycles. The number of nitrogens with one attached hydrogen (secondary N) is 1. The number of hydrogen-bond acceptors (Lipinski definition) is 2. The fourth-order valence-electron chi connectivity index (χ4n) is 2.33. The third-order valence-electron chi connectivity index (χ3n) is 3.60. The van der Waals surface area contributed by atoms with E-state index in [0.29, 0.717) is 18.4 Å². The maximum Gasteiger partial charge on any atom is 0.228 e. The Balaban J connectivity index is 1.95. The first-order valence-electron chi connectivity index (χ1n) is 6.15. The van der Waals surface area contributed by atoms with Crippen molar-refractivity contribution < 1.29 is 4.79 Å². The number of nitrogens with zero attached hydrogens (tertiary/aromatic N) is 1. The first-order valence-corrected chi connectivity index (χ1v) is 6.15. The second-order valence-corrected chi connectivity index (χ2v) is 5.11. The molecule has 0 radical (unpaired) electrons. The van der Waals surface area contributed by atoms with Crippen LogP contribution in [-0.2, 0) is 4.79 Å². The van der Waals surface area contributed by atoms with Gasteiger partial charge in [-0.25, -0.2) is 0 Å². The fourth-order valence-corrected chi connectivity index (χ4v) is 2.33. The van der Waals surface area contributed by atoms with E-state index in [1.165, 1.54) is 12.8 Å². The Morgan fingerprint density at radius 3 is 2.75 bits per heavy atom. The Hall–Kier alpha value is -1.01. The normalized spacial score (nSPS) is 28.8. The maximum atomic E-state index is 12.3.